The number of fused-ring (bicyclic) bond motifs is 1. The van der Waals surface area contributed by atoms with Crippen molar-refractivity contribution in [2.24, 2.45) is 0 Å². The fourth-order valence-corrected chi connectivity index (χ4v) is 2.62. The Morgan fingerprint density at radius 2 is 1.78 bits per heavy atom. The lowest BCUT2D eigenvalue weighted by molar-refractivity contribution is 0.171. The molecule has 0 atom stereocenters. The van der Waals surface area contributed by atoms with Gasteiger partial charge in [0, 0.05) is 17.3 Å². The summed E-state index contributed by atoms with van der Waals surface area (Å²) < 4.78 is 11.1. The van der Waals surface area contributed by atoms with Gasteiger partial charge in [0.2, 0.25) is 0 Å². The van der Waals surface area contributed by atoms with Crippen molar-refractivity contribution < 1.29 is 9.47 Å². The summed E-state index contributed by atoms with van der Waals surface area (Å²) in [5.74, 6) is 1.63. The normalized spacial score (nSPS) is 12.6. The van der Waals surface area contributed by atoms with Crippen LogP contribution in [0.4, 0.5) is 5.69 Å². The van der Waals surface area contributed by atoms with E-state index in [-0.39, 0.29) is 0 Å². The predicted molar refractivity (Wildman–Crippen MR) is 96.8 cm³/mol. The van der Waals surface area contributed by atoms with Crippen LogP contribution >= 0.6 is 23.8 Å². The second kappa shape index (κ2) is 7.53. The number of hydrogen-bond acceptors (Lipinski definition) is 3. The molecule has 0 aliphatic carbocycles. The van der Waals surface area contributed by atoms with E-state index in [2.05, 4.69) is 10.6 Å². The van der Waals surface area contributed by atoms with Crippen LogP contribution < -0.4 is 20.1 Å². The number of ether oxygens (including phenoxy) is 2. The fraction of sp³-hybridized carbons (Fsp3) is 0.235. The van der Waals surface area contributed by atoms with Crippen LogP contribution in [0.1, 0.15) is 5.56 Å². The van der Waals surface area contributed by atoms with E-state index in [4.69, 9.17) is 33.3 Å². The molecule has 0 fully saturated rings. The van der Waals surface area contributed by atoms with Crippen LogP contribution in [0.2, 0.25) is 5.02 Å². The van der Waals surface area contributed by atoms with E-state index in [0.29, 0.717) is 23.3 Å². The van der Waals surface area contributed by atoms with Crippen molar-refractivity contribution in [1.82, 2.24) is 5.32 Å². The second-order valence-corrected chi connectivity index (χ2v) is 5.96. The highest BCUT2D eigenvalue weighted by molar-refractivity contribution is 7.80. The number of nitrogens with one attached hydrogen (secondary N) is 2. The number of hydrogen-bond donors (Lipinski definition) is 2. The molecule has 0 amide bonds. The van der Waals surface area contributed by atoms with Gasteiger partial charge in [-0.15, -0.1) is 0 Å². The molecule has 2 aromatic rings. The first-order valence-electron chi connectivity index (χ1n) is 7.40. The van der Waals surface area contributed by atoms with E-state index in [1.54, 1.807) is 0 Å². The Bertz CT molecular complexity index is 691. The number of rotatable bonds is 4. The van der Waals surface area contributed by atoms with Gasteiger partial charge in [0.25, 0.3) is 0 Å². The summed E-state index contributed by atoms with van der Waals surface area (Å²) in [5, 5.41) is 7.60. The maximum atomic E-state index is 5.85. The summed E-state index contributed by atoms with van der Waals surface area (Å²) in [7, 11) is 0. The molecule has 6 heteroatoms. The van der Waals surface area contributed by atoms with Crippen molar-refractivity contribution in [3.63, 3.8) is 0 Å². The van der Waals surface area contributed by atoms with Crippen molar-refractivity contribution in [2.75, 3.05) is 25.1 Å². The molecule has 0 radical (unpaired) electrons. The monoisotopic (exact) mass is 348 g/mol. The summed E-state index contributed by atoms with van der Waals surface area (Å²) in [4.78, 5) is 0. The molecule has 0 aromatic heterocycles. The largest absolute Gasteiger partial charge is 0.486 e. The van der Waals surface area contributed by atoms with E-state index in [1.165, 1.54) is 5.56 Å². The third-order valence-corrected chi connectivity index (χ3v) is 3.91. The quantitative estimate of drug-likeness (QED) is 0.826. The lowest BCUT2D eigenvalue weighted by Gasteiger charge is -2.19. The van der Waals surface area contributed by atoms with Gasteiger partial charge in [0.05, 0.1) is 0 Å². The van der Waals surface area contributed by atoms with Gasteiger partial charge >= 0.3 is 0 Å². The van der Waals surface area contributed by atoms with Crippen LogP contribution in [-0.4, -0.2) is 24.9 Å². The van der Waals surface area contributed by atoms with E-state index < -0.39 is 0 Å². The minimum absolute atomic E-state index is 0.588. The lowest BCUT2D eigenvalue weighted by Crippen LogP contribution is -2.30. The molecule has 2 N–H and O–H groups in total. The van der Waals surface area contributed by atoms with Crippen molar-refractivity contribution >= 4 is 34.6 Å². The predicted octanol–water partition coefficient (Wildman–Crippen LogP) is 3.64. The molecule has 0 spiro atoms. The van der Waals surface area contributed by atoms with Crippen LogP contribution in [0.25, 0.3) is 0 Å². The highest BCUT2D eigenvalue weighted by atomic mass is 35.5. The first-order chi connectivity index (χ1) is 11.2. The van der Waals surface area contributed by atoms with Gasteiger partial charge in [-0.3, -0.25) is 0 Å². The van der Waals surface area contributed by atoms with Gasteiger partial charge in [-0.05, 0) is 60.6 Å². The molecular weight excluding hydrogens is 332 g/mol. The van der Waals surface area contributed by atoms with E-state index in [0.717, 1.165) is 30.2 Å². The Kier molecular flexibility index (Phi) is 5.20. The third kappa shape index (κ3) is 4.50. The molecule has 2 aromatic carbocycles. The van der Waals surface area contributed by atoms with Crippen LogP contribution in [0, 0.1) is 0 Å². The van der Waals surface area contributed by atoms with Gasteiger partial charge in [-0.25, -0.2) is 0 Å². The molecular formula is C17H17ClN2O2S. The van der Waals surface area contributed by atoms with E-state index in [9.17, 15) is 0 Å². The standard InChI is InChI=1S/C17H17ClN2O2S/c18-13-2-4-14(5-3-13)20-17(23)19-8-7-12-1-6-15-16(11-12)22-10-9-21-15/h1-6,11H,7-10H2,(H2,19,20,23). The Morgan fingerprint density at radius 3 is 2.57 bits per heavy atom. The maximum absolute atomic E-state index is 5.85. The zero-order valence-corrected chi connectivity index (χ0v) is 14.0. The minimum atomic E-state index is 0.588. The fourth-order valence-electron chi connectivity index (χ4n) is 2.27. The van der Waals surface area contributed by atoms with Gasteiger partial charge < -0.3 is 20.1 Å². The Morgan fingerprint density at radius 1 is 1.04 bits per heavy atom. The first kappa shape index (κ1) is 15.9. The maximum Gasteiger partial charge on any atom is 0.170 e. The lowest BCUT2D eigenvalue weighted by atomic mass is 10.1. The number of halogens is 1. The Balaban J connectivity index is 1.47. The smallest absolute Gasteiger partial charge is 0.170 e. The zero-order valence-electron chi connectivity index (χ0n) is 12.5. The van der Waals surface area contributed by atoms with Crippen molar-refractivity contribution in [1.29, 1.82) is 0 Å². The van der Waals surface area contributed by atoms with E-state index in [1.807, 2.05) is 42.5 Å². The first-order valence-corrected chi connectivity index (χ1v) is 8.18. The molecule has 1 aliphatic rings. The second-order valence-electron chi connectivity index (χ2n) is 5.12. The van der Waals surface area contributed by atoms with Gasteiger partial charge in [-0.1, -0.05) is 17.7 Å². The zero-order chi connectivity index (χ0) is 16.1. The van der Waals surface area contributed by atoms with Crippen LogP contribution in [0.15, 0.2) is 42.5 Å². The van der Waals surface area contributed by atoms with Crippen LogP contribution in [0.3, 0.4) is 0 Å². The highest BCUT2D eigenvalue weighted by Gasteiger charge is 2.11. The Labute approximate surface area is 145 Å². The van der Waals surface area contributed by atoms with Crippen molar-refractivity contribution in [2.45, 2.75) is 6.42 Å². The molecule has 0 unspecified atom stereocenters. The van der Waals surface area contributed by atoms with Gasteiger partial charge in [0.15, 0.2) is 16.6 Å². The summed E-state index contributed by atoms with van der Waals surface area (Å²) >= 11 is 11.1. The van der Waals surface area contributed by atoms with E-state index >= 15 is 0 Å². The molecule has 0 saturated carbocycles. The minimum Gasteiger partial charge on any atom is -0.486 e. The topological polar surface area (TPSA) is 42.5 Å². The summed E-state index contributed by atoms with van der Waals surface area (Å²) in [6.07, 6.45) is 0.846. The molecule has 23 heavy (non-hydrogen) atoms. The average Bonchev–Trinajstić information content (AvgIpc) is 2.57. The molecule has 0 saturated heterocycles. The van der Waals surface area contributed by atoms with Gasteiger partial charge in [0.1, 0.15) is 13.2 Å². The summed E-state index contributed by atoms with van der Waals surface area (Å²) in [5.41, 5.74) is 2.09. The highest BCUT2D eigenvalue weighted by Crippen LogP contribution is 2.30. The Hall–Kier alpha value is -1.98. The number of benzene rings is 2. The van der Waals surface area contributed by atoms with Crippen molar-refractivity contribution in [3.05, 3.63) is 53.1 Å². The molecule has 4 nitrogen and oxygen atoms in total. The molecule has 0 bridgehead atoms. The summed E-state index contributed by atoms with van der Waals surface area (Å²) in [6.45, 7) is 1.95. The average molecular weight is 349 g/mol. The molecule has 1 heterocycles. The van der Waals surface area contributed by atoms with Crippen molar-refractivity contribution in [3.8, 4) is 11.5 Å². The molecule has 1 aliphatic heterocycles. The number of anilines is 1. The van der Waals surface area contributed by atoms with Gasteiger partial charge in [-0.2, -0.15) is 0 Å². The molecule has 120 valence electrons. The SMILES string of the molecule is S=C(NCCc1ccc2c(c1)OCCO2)Nc1ccc(Cl)cc1. The summed E-state index contributed by atoms with van der Waals surface area (Å²) in [6, 6.07) is 13.4. The number of thiocarbonyl (C=S) groups is 1. The van der Waals surface area contributed by atoms with Crippen LogP contribution in [-0.2, 0) is 6.42 Å². The van der Waals surface area contributed by atoms with Crippen LogP contribution in [0.5, 0.6) is 11.5 Å². The third-order valence-electron chi connectivity index (χ3n) is 3.41. The molecule has 3 rings (SSSR count).